The lowest BCUT2D eigenvalue weighted by molar-refractivity contribution is -0.137. The SMILES string of the molecule is Cc1ccc2c(c1)sc1cc(N(C)c3ccc(C(F)(F)F)cc3)ccc12. The lowest BCUT2D eigenvalue weighted by atomic mass is 10.1. The number of rotatable bonds is 2. The Bertz CT molecular complexity index is 1090. The van der Waals surface area contributed by atoms with Crippen LogP contribution in [0.4, 0.5) is 24.5 Å². The van der Waals surface area contributed by atoms with E-state index < -0.39 is 11.7 Å². The highest BCUT2D eigenvalue weighted by Crippen LogP contribution is 2.38. The van der Waals surface area contributed by atoms with Crippen LogP contribution in [0.25, 0.3) is 20.2 Å². The molecule has 0 N–H and O–H groups in total. The molecule has 0 aliphatic heterocycles. The Kier molecular flexibility index (Phi) is 3.92. The first kappa shape index (κ1) is 16.9. The van der Waals surface area contributed by atoms with Gasteiger partial charge >= 0.3 is 6.18 Å². The van der Waals surface area contributed by atoms with Crippen LogP contribution in [-0.4, -0.2) is 7.05 Å². The lowest BCUT2D eigenvalue weighted by Crippen LogP contribution is -2.10. The number of hydrogen-bond acceptors (Lipinski definition) is 2. The Morgan fingerprint density at radius 3 is 2.00 bits per heavy atom. The molecule has 0 amide bonds. The standard InChI is InChI=1S/C21H16F3NS/c1-13-3-9-17-18-10-8-16(12-20(18)26-19(17)11-13)25(2)15-6-4-14(5-7-15)21(22,23)24/h3-12H,1-2H3. The molecule has 0 fully saturated rings. The predicted octanol–water partition coefficient (Wildman–Crippen LogP) is 7.15. The highest BCUT2D eigenvalue weighted by atomic mass is 32.1. The summed E-state index contributed by atoms with van der Waals surface area (Å²) in [7, 11) is 1.86. The molecule has 0 atom stereocenters. The van der Waals surface area contributed by atoms with Gasteiger partial charge in [0.25, 0.3) is 0 Å². The van der Waals surface area contributed by atoms with E-state index in [1.807, 2.05) is 18.0 Å². The number of nitrogens with zero attached hydrogens (tertiary/aromatic N) is 1. The third kappa shape index (κ3) is 2.92. The van der Waals surface area contributed by atoms with Gasteiger partial charge in [0, 0.05) is 38.6 Å². The molecule has 0 bridgehead atoms. The molecule has 4 rings (SSSR count). The van der Waals surface area contributed by atoms with E-state index in [2.05, 4.69) is 37.3 Å². The highest BCUT2D eigenvalue weighted by Gasteiger charge is 2.30. The fraction of sp³-hybridized carbons (Fsp3) is 0.143. The van der Waals surface area contributed by atoms with E-state index in [0.717, 1.165) is 17.8 Å². The second-order valence-electron chi connectivity index (χ2n) is 6.39. The van der Waals surface area contributed by atoms with Crippen molar-refractivity contribution >= 4 is 42.9 Å². The van der Waals surface area contributed by atoms with Gasteiger partial charge in [-0.3, -0.25) is 0 Å². The Morgan fingerprint density at radius 2 is 1.35 bits per heavy atom. The Balaban J connectivity index is 1.72. The van der Waals surface area contributed by atoms with Crippen LogP contribution in [0.3, 0.4) is 0 Å². The predicted molar refractivity (Wildman–Crippen MR) is 104 cm³/mol. The number of anilines is 2. The Labute approximate surface area is 153 Å². The number of fused-ring (bicyclic) bond motifs is 3. The normalized spacial score (nSPS) is 12.0. The summed E-state index contributed by atoms with van der Waals surface area (Å²) < 4.78 is 40.6. The fourth-order valence-corrected chi connectivity index (χ4v) is 4.34. The average molecular weight is 371 g/mol. The summed E-state index contributed by atoms with van der Waals surface area (Å²) in [6.07, 6.45) is -4.31. The van der Waals surface area contributed by atoms with Crippen molar-refractivity contribution in [1.29, 1.82) is 0 Å². The Hall–Kier alpha value is -2.53. The second kappa shape index (κ2) is 6.02. The quantitative estimate of drug-likeness (QED) is 0.362. The molecule has 0 saturated heterocycles. The number of alkyl halides is 3. The van der Waals surface area contributed by atoms with Crippen molar-refractivity contribution in [2.75, 3.05) is 11.9 Å². The van der Waals surface area contributed by atoms with Crippen molar-refractivity contribution in [2.24, 2.45) is 0 Å². The molecular formula is C21H16F3NS. The van der Waals surface area contributed by atoms with Crippen LogP contribution < -0.4 is 4.90 Å². The molecule has 5 heteroatoms. The minimum Gasteiger partial charge on any atom is -0.345 e. The number of thiophene rings is 1. The molecule has 0 saturated carbocycles. The minimum atomic E-state index is -4.31. The molecule has 0 spiro atoms. The fourth-order valence-electron chi connectivity index (χ4n) is 3.10. The van der Waals surface area contributed by atoms with E-state index in [9.17, 15) is 13.2 Å². The van der Waals surface area contributed by atoms with Gasteiger partial charge in [-0.25, -0.2) is 0 Å². The van der Waals surface area contributed by atoms with Crippen molar-refractivity contribution in [3.8, 4) is 0 Å². The maximum Gasteiger partial charge on any atom is 0.416 e. The van der Waals surface area contributed by atoms with Gasteiger partial charge in [0.15, 0.2) is 0 Å². The van der Waals surface area contributed by atoms with Gasteiger partial charge < -0.3 is 4.90 Å². The summed E-state index contributed by atoms with van der Waals surface area (Å²) in [6.45, 7) is 2.08. The Morgan fingerprint density at radius 1 is 0.769 bits per heavy atom. The van der Waals surface area contributed by atoms with Crippen molar-refractivity contribution in [3.63, 3.8) is 0 Å². The second-order valence-corrected chi connectivity index (χ2v) is 7.47. The van der Waals surface area contributed by atoms with E-state index in [0.29, 0.717) is 5.69 Å². The van der Waals surface area contributed by atoms with Gasteiger partial charge in [0.1, 0.15) is 0 Å². The van der Waals surface area contributed by atoms with Crippen LogP contribution in [0.1, 0.15) is 11.1 Å². The molecule has 0 radical (unpaired) electrons. The third-order valence-electron chi connectivity index (χ3n) is 4.58. The molecule has 0 aliphatic rings. The molecule has 132 valence electrons. The number of benzene rings is 3. The van der Waals surface area contributed by atoms with Crippen LogP contribution in [-0.2, 0) is 6.18 Å². The number of halogens is 3. The zero-order valence-corrected chi connectivity index (χ0v) is 15.1. The molecule has 26 heavy (non-hydrogen) atoms. The van der Waals surface area contributed by atoms with Crippen LogP contribution >= 0.6 is 11.3 Å². The molecule has 1 nitrogen and oxygen atoms in total. The van der Waals surface area contributed by atoms with Crippen molar-refractivity contribution in [3.05, 3.63) is 71.8 Å². The van der Waals surface area contributed by atoms with Gasteiger partial charge in [-0.05, 0) is 55.0 Å². The summed E-state index contributed by atoms with van der Waals surface area (Å²) in [5, 5.41) is 2.44. The summed E-state index contributed by atoms with van der Waals surface area (Å²) in [5.74, 6) is 0. The lowest BCUT2D eigenvalue weighted by Gasteiger charge is -2.20. The van der Waals surface area contributed by atoms with Gasteiger partial charge in [0.2, 0.25) is 0 Å². The van der Waals surface area contributed by atoms with Crippen molar-refractivity contribution in [2.45, 2.75) is 13.1 Å². The van der Waals surface area contributed by atoms with Gasteiger partial charge in [-0.1, -0.05) is 18.2 Å². The monoisotopic (exact) mass is 371 g/mol. The van der Waals surface area contributed by atoms with Crippen LogP contribution in [0.5, 0.6) is 0 Å². The average Bonchev–Trinajstić information content (AvgIpc) is 2.96. The summed E-state index contributed by atoms with van der Waals surface area (Å²) in [4.78, 5) is 1.90. The number of aryl methyl sites for hydroxylation is 1. The van der Waals surface area contributed by atoms with Crippen LogP contribution in [0, 0.1) is 6.92 Å². The summed E-state index contributed by atoms with van der Waals surface area (Å²) in [5.41, 5.74) is 2.26. The highest BCUT2D eigenvalue weighted by molar-refractivity contribution is 7.25. The van der Waals surface area contributed by atoms with E-state index in [1.54, 1.807) is 11.3 Å². The van der Waals surface area contributed by atoms with Crippen molar-refractivity contribution in [1.82, 2.24) is 0 Å². The molecule has 1 heterocycles. The van der Waals surface area contributed by atoms with Crippen LogP contribution in [0.2, 0.25) is 0 Å². The smallest absolute Gasteiger partial charge is 0.345 e. The first-order valence-electron chi connectivity index (χ1n) is 8.17. The molecule has 4 aromatic rings. The zero-order valence-electron chi connectivity index (χ0n) is 14.3. The molecule has 0 unspecified atom stereocenters. The topological polar surface area (TPSA) is 3.24 Å². The van der Waals surface area contributed by atoms with Crippen molar-refractivity contribution < 1.29 is 13.2 Å². The zero-order chi connectivity index (χ0) is 18.5. The molecule has 1 aromatic heterocycles. The van der Waals surface area contributed by atoms with Gasteiger partial charge in [-0.2, -0.15) is 13.2 Å². The summed E-state index contributed by atoms with van der Waals surface area (Å²) >= 11 is 1.73. The maximum atomic E-state index is 12.7. The van der Waals surface area contributed by atoms with Gasteiger partial charge in [-0.15, -0.1) is 11.3 Å². The van der Waals surface area contributed by atoms with Gasteiger partial charge in [0.05, 0.1) is 5.56 Å². The minimum absolute atomic E-state index is 0.634. The molecule has 0 aliphatic carbocycles. The summed E-state index contributed by atoms with van der Waals surface area (Å²) in [6, 6.07) is 17.8. The van der Waals surface area contributed by atoms with E-state index >= 15 is 0 Å². The van der Waals surface area contributed by atoms with E-state index in [4.69, 9.17) is 0 Å². The number of hydrogen-bond donors (Lipinski definition) is 0. The van der Waals surface area contributed by atoms with E-state index in [-0.39, 0.29) is 0 Å². The molecule has 3 aromatic carbocycles. The van der Waals surface area contributed by atoms with E-state index in [1.165, 1.54) is 37.9 Å². The molecular weight excluding hydrogens is 355 g/mol. The maximum absolute atomic E-state index is 12.7. The largest absolute Gasteiger partial charge is 0.416 e. The van der Waals surface area contributed by atoms with Crippen LogP contribution in [0.15, 0.2) is 60.7 Å². The first-order chi connectivity index (χ1) is 12.3. The third-order valence-corrected chi connectivity index (χ3v) is 5.70. The first-order valence-corrected chi connectivity index (χ1v) is 8.98.